The zero-order valence-electron chi connectivity index (χ0n) is 30.3. The van der Waals surface area contributed by atoms with Crippen molar-refractivity contribution in [1.82, 2.24) is 4.90 Å². The number of hydrogen-bond acceptors (Lipinski definition) is 5. The molecule has 5 heteroatoms. The van der Waals surface area contributed by atoms with Crippen molar-refractivity contribution in [3.63, 3.8) is 0 Å². The van der Waals surface area contributed by atoms with Crippen molar-refractivity contribution in [2.75, 3.05) is 33.9 Å². The summed E-state index contributed by atoms with van der Waals surface area (Å²) >= 11 is 0. The van der Waals surface area contributed by atoms with E-state index in [0.717, 1.165) is 58.3 Å². The molecule has 5 nitrogen and oxygen atoms in total. The molecule has 0 aromatic carbocycles. The Balaban J connectivity index is 2.08. The number of allylic oxidation sites excluding steroid dienone is 4. The fourth-order valence-electron chi connectivity index (χ4n) is 6.00. The van der Waals surface area contributed by atoms with Crippen LogP contribution in [0.1, 0.15) is 180 Å². The average molecular weight is 634 g/mol. The van der Waals surface area contributed by atoms with Crippen LogP contribution < -0.4 is 0 Å². The predicted octanol–water partition coefficient (Wildman–Crippen LogP) is 11.5. The molecule has 0 amide bonds. The number of rotatable bonds is 32. The largest absolute Gasteiger partial charge is 0.462 e. The molecule has 0 radical (unpaired) electrons. The van der Waals surface area contributed by atoms with Crippen LogP contribution in [0.5, 0.6) is 0 Å². The van der Waals surface area contributed by atoms with Gasteiger partial charge in [-0.3, -0.25) is 4.79 Å². The second-order valence-electron chi connectivity index (χ2n) is 13.7. The van der Waals surface area contributed by atoms with Crippen LogP contribution in [-0.4, -0.2) is 57.1 Å². The summed E-state index contributed by atoms with van der Waals surface area (Å²) in [7, 11) is 4.11. The predicted molar refractivity (Wildman–Crippen MR) is 193 cm³/mol. The maximum absolute atomic E-state index is 12.5. The van der Waals surface area contributed by atoms with Crippen molar-refractivity contribution in [3.8, 4) is 0 Å². The molecule has 0 bridgehead atoms. The van der Waals surface area contributed by atoms with Gasteiger partial charge in [-0.1, -0.05) is 108 Å². The van der Waals surface area contributed by atoms with E-state index in [1.165, 1.54) is 128 Å². The number of esters is 1. The lowest BCUT2D eigenvalue weighted by Gasteiger charge is -2.22. The Morgan fingerprint density at radius 3 is 1.89 bits per heavy atom. The first kappa shape index (κ1) is 41.9. The summed E-state index contributed by atoms with van der Waals surface area (Å²) < 4.78 is 17.5. The molecule has 0 aromatic heterocycles. The smallest absolute Gasteiger partial charge is 0.306 e. The second-order valence-corrected chi connectivity index (χ2v) is 13.7. The van der Waals surface area contributed by atoms with Crippen molar-refractivity contribution in [2.24, 2.45) is 0 Å². The summed E-state index contributed by atoms with van der Waals surface area (Å²) in [4.78, 5) is 14.6. The monoisotopic (exact) mass is 634 g/mol. The van der Waals surface area contributed by atoms with Crippen LogP contribution in [0.2, 0.25) is 0 Å². The fraction of sp³-hybridized carbons (Fsp3) is 0.875. The van der Waals surface area contributed by atoms with Crippen LogP contribution in [0.3, 0.4) is 0 Å². The summed E-state index contributed by atoms with van der Waals surface area (Å²) in [5.41, 5.74) is 0. The van der Waals surface area contributed by atoms with E-state index in [-0.39, 0.29) is 18.4 Å². The Hall–Kier alpha value is -1.17. The SMILES string of the molecule is CCCCC/C=C\C/C=C\CCCCCCCCC(CCCCCCCCCCOC1CCCCO1)OC(=O)CCCN(C)C. The van der Waals surface area contributed by atoms with Gasteiger partial charge < -0.3 is 19.1 Å². The molecule has 1 aliphatic heterocycles. The van der Waals surface area contributed by atoms with Gasteiger partial charge in [0.1, 0.15) is 6.10 Å². The third-order valence-corrected chi connectivity index (χ3v) is 8.87. The van der Waals surface area contributed by atoms with Gasteiger partial charge in [-0.15, -0.1) is 0 Å². The number of carbonyl (C=O) groups excluding carboxylic acids is 1. The Labute approximate surface area is 280 Å². The summed E-state index contributed by atoms with van der Waals surface area (Å²) in [6.45, 7) is 4.90. The zero-order chi connectivity index (χ0) is 32.5. The standard InChI is InChI=1S/C40H75NO4/c1-4-5-6-7-8-9-10-11-12-13-14-15-16-19-22-25-31-38(45-39(42)33-30-35-41(2)3)32-26-23-20-17-18-21-24-28-36-43-40-34-27-29-37-44-40/h8-9,11-12,38,40H,4-7,10,13-37H2,1-3H3/b9-8-,12-11-. The van der Waals surface area contributed by atoms with Crippen LogP contribution in [-0.2, 0) is 19.0 Å². The molecule has 2 unspecified atom stereocenters. The Bertz CT molecular complexity index is 686. The van der Waals surface area contributed by atoms with Gasteiger partial charge in [0.15, 0.2) is 6.29 Å². The third-order valence-electron chi connectivity index (χ3n) is 8.87. The highest BCUT2D eigenvalue weighted by atomic mass is 16.7. The minimum atomic E-state index is 0.000849. The van der Waals surface area contributed by atoms with Crippen LogP contribution in [0.4, 0.5) is 0 Å². The third kappa shape index (κ3) is 29.9. The number of carbonyl (C=O) groups is 1. The summed E-state index contributed by atoms with van der Waals surface area (Å²) in [5.74, 6) is 0.000849. The van der Waals surface area contributed by atoms with Gasteiger partial charge in [0.05, 0.1) is 0 Å². The van der Waals surface area contributed by atoms with E-state index in [1.54, 1.807) is 0 Å². The lowest BCUT2D eigenvalue weighted by Crippen LogP contribution is -2.22. The number of nitrogens with zero attached hydrogens (tertiary/aromatic N) is 1. The molecule has 0 aliphatic carbocycles. The van der Waals surface area contributed by atoms with Crippen molar-refractivity contribution >= 4 is 5.97 Å². The molecule has 264 valence electrons. The zero-order valence-corrected chi connectivity index (χ0v) is 30.3. The van der Waals surface area contributed by atoms with Crippen molar-refractivity contribution in [2.45, 2.75) is 193 Å². The second kappa shape index (κ2) is 32.8. The van der Waals surface area contributed by atoms with Crippen LogP contribution in [0, 0.1) is 0 Å². The summed E-state index contributed by atoms with van der Waals surface area (Å²) in [6.07, 6.45) is 41.7. The Morgan fingerprint density at radius 1 is 0.733 bits per heavy atom. The van der Waals surface area contributed by atoms with Crippen LogP contribution in [0.15, 0.2) is 24.3 Å². The summed E-state index contributed by atoms with van der Waals surface area (Å²) in [6, 6.07) is 0. The molecule has 1 aliphatic rings. The molecule has 0 spiro atoms. The van der Waals surface area contributed by atoms with E-state index in [1.807, 2.05) is 0 Å². The first-order valence-electron chi connectivity index (χ1n) is 19.5. The van der Waals surface area contributed by atoms with Gasteiger partial charge in [0.2, 0.25) is 0 Å². The highest BCUT2D eigenvalue weighted by Gasteiger charge is 2.15. The number of ether oxygens (including phenoxy) is 3. The van der Waals surface area contributed by atoms with Crippen LogP contribution >= 0.6 is 0 Å². The van der Waals surface area contributed by atoms with Gasteiger partial charge in [-0.2, -0.15) is 0 Å². The van der Waals surface area contributed by atoms with Gasteiger partial charge >= 0.3 is 5.97 Å². The molecule has 1 saturated heterocycles. The molecule has 0 aromatic rings. The molecular formula is C40H75NO4. The van der Waals surface area contributed by atoms with E-state index < -0.39 is 0 Å². The van der Waals surface area contributed by atoms with Gasteiger partial charge in [-0.25, -0.2) is 0 Å². The normalized spacial score (nSPS) is 16.3. The number of unbranched alkanes of at least 4 members (excludes halogenated alkanes) is 16. The maximum Gasteiger partial charge on any atom is 0.306 e. The lowest BCUT2D eigenvalue weighted by molar-refractivity contribution is -0.162. The van der Waals surface area contributed by atoms with Crippen molar-refractivity contribution in [3.05, 3.63) is 24.3 Å². The molecule has 0 saturated carbocycles. The van der Waals surface area contributed by atoms with E-state index in [0.29, 0.717) is 6.42 Å². The molecule has 45 heavy (non-hydrogen) atoms. The highest BCUT2D eigenvalue weighted by Crippen LogP contribution is 2.19. The average Bonchev–Trinajstić information content (AvgIpc) is 3.03. The van der Waals surface area contributed by atoms with E-state index in [2.05, 4.69) is 50.2 Å². The molecule has 0 N–H and O–H groups in total. The molecule has 1 rings (SSSR count). The van der Waals surface area contributed by atoms with Gasteiger partial charge in [0, 0.05) is 19.6 Å². The first-order valence-corrected chi connectivity index (χ1v) is 19.5. The summed E-state index contributed by atoms with van der Waals surface area (Å²) in [5, 5.41) is 0. The van der Waals surface area contributed by atoms with E-state index in [9.17, 15) is 4.79 Å². The van der Waals surface area contributed by atoms with Gasteiger partial charge in [-0.05, 0) is 111 Å². The maximum atomic E-state index is 12.5. The first-order chi connectivity index (χ1) is 22.1. The van der Waals surface area contributed by atoms with E-state index >= 15 is 0 Å². The van der Waals surface area contributed by atoms with Crippen LogP contribution in [0.25, 0.3) is 0 Å². The highest BCUT2D eigenvalue weighted by molar-refractivity contribution is 5.69. The number of hydrogen-bond donors (Lipinski definition) is 0. The molecule has 1 heterocycles. The van der Waals surface area contributed by atoms with Crippen molar-refractivity contribution < 1.29 is 19.0 Å². The fourth-order valence-corrected chi connectivity index (χ4v) is 6.00. The topological polar surface area (TPSA) is 48.0 Å². The lowest BCUT2D eigenvalue weighted by atomic mass is 10.0. The quantitative estimate of drug-likeness (QED) is 0.0419. The van der Waals surface area contributed by atoms with Gasteiger partial charge in [0.25, 0.3) is 0 Å². The van der Waals surface area contributed by atoms with E-state index in [4.69, 9.17) is 14.2 Å². The minimum Gasteiger partial charge on any atom is -0.462 e. The molecular weight excluding hydrogens is 558 g/mol. The molecule has 2 atom stereocenters. The molecule has 1 fully saturated rings. The minimum absolute atomic E-state index is 0.000849. The van der Waals surface area contributed by atoms with Crippen molar-refractivity contribution in [1.29, 1.82) is 0 Å². The Morgan fingerprint density at radius 2 is 1.31 bits per heavy atom. The Kier molecular flexibility index (Phi) is 30.5.